The van der Waals surface area contributed by atoms with Crippen molar-refractivity contribution in [1.29, 1.82) is 0 Å². The molecule has 56 valence electrons. The van der Waals surface area contributed by atoms with Crippen molar-refractivity contribution < 1.29 is 9.90 Å². The van der Waals surface area contributed by atoms with Crippen LogP contribution in [0.3, 0.4) is 0 Å². The Kier molecular flexibility index (Phi) is 4.61. The highest BCUT2D eigenvalue weighted by Gasteiger charge is 2.10. The zero-order valence-electron chi connectivity index (χ0n) is 6.13. The van der Waals surface area contributed by atoms with E-state index in [4.69, 9.17) is 11.5 Å². The SMILES string of the molecule is C#CCC(CCO)C(C)=O. The van der Waals surface area contributed by atoms with Gasteiger partial charge in [0.1, 0.15) is 5.78 Å². The molecule has 0 radical (unpaired) electrons. The second-order valence-corrected chi connectivity index (χ2v) is 2.23. The Balaban J connectivity index is 3.75. The van der Waals surface area contributed by atoms with Crippen molar-refractivity contribution in [2.75, 3.05) is 6.61 Å². The standard InChI is InChI=1S/C8H12O2/c1-3-4-8(5-6-9)7(2)10/h1,8-9H,4-6H2,2H3. The van der Waals surface area contributed by atoms with Crippen LogP contribution in [-0.2, 0) is 4.79 Å². The summed E-state index contributed by atoms with van der Waals surface area (Å²) in [6, 6.07) is 0. The van der Waals surface area contributed by atoms with Crippen LogP contribution in [0, 0.1) is 18.3 Å². The van der Waals surface area contributed by atoms with Gasteiger partial charge in [0.25, 0.3) is 0 Å². The molecule has 0 aromatic carbocycles. The van der Waals surface area contributed by atoms with Gasteiger partial charge in [-0.3, -0.25) is 4.79 Å². The number of hydrogen-bond donors (Lipinski definition) is 1. The summed E-state index contributed by atoms with van der Waals surface area (Å²) in [6.45, 7) is 1.53. The first-order valence-electron chi connectivity index (χ1n) is 3.27. The summed E-state index contributed by atoms with van der Waals surface area (Å²) in [7, 11) is 0. The monoisotopic (exact) mass is 140 g/mol. The summed E-state index contributed by atoms with van der Waals surface area (Å²) in [4.78, 5) is 10.7. The fourth-order valence-electron chi connectivity index (χ4n) is 0.747. The molecule has 0 amide bonds. The fourth-order valence-corrected chi connectivity index (χ4v) is 0.747. The summed E-state index contributed by atoms with van der Waals surface area (Å²) in [5, 5.41) is 8.49. The van der Waals surface area contributed by atoms with E-state index in [1.165, 1.54) is 6.92 Å². The molecule has 0 aliphatic heterocycles. The number of carbonyl (C=O) groups excluding carboxylic acids is 1. The summed E-state index contributed by atoms with van der Waals surface area (Å²) in [6.07, 6.45) is 5.94. The Morgan fingerprint density at radius 1 is 1.80 bits per heavy atom. The van der Waals surface area contributed by atoms with Crippen LogP contribution in [0.2, 0.25) is 0 Å². The topological polar surface area (TPSA) is 37.3 Å². The summed E-state index contributed by atoms with van der Waals surface area (Å²) < 4.78 is 0. The maximum atomic E-state index is 10.7. The molecule has 0 aliphatic rings. The maximum Gasteiger partial charge on any atom is 0.133 e. The second kappa shape index (κ2) is 5.01. The number of hydrogen-bond acceptors (Lipinski definition) is 2. The van der Waals surface area contributed by atoms with Gasteiger partial charge in [-0.25, -0.2) is 0 Å². The molecule has 1 atom stereocenters. The molecule has 2 heteroatoms. The van der Waals surface area contributed by atoms with E-state index in [0.717, 1.165) is 0 Å². The Labute approximate surface area is 61.2 Å². The van der Waals surface area contributed by atoms with Crippen LogP contribution in [0.4, 0.5) is 0 Å². The molecule has 2 nitrogen and oxygen atoms in total. The molecule has 0 saturated heterocycles. The van der Waals surface area contributed by atoms with Gasteiger partial charge >= 0.3 is 0 Å². The van der Waals surface area contributed by atoms with E-state index in [0.29, 0.717) is 12.8 Å². The highest BCUT2D eigenvalue weighted by atomic mass is 16.3. The van der Waals surface area contributed by atoms with E-state index < -0.39 is 0 Å². The van der Waals surface area contributed by atoms with Gasteiger partial charge in [0.15, 0.2) is 0 Å². The lowest BCUT2D eigenvalue weighted by molar-refractivity contribution is -0.121. The number of terminal acetylenes is 1. The molecular weight excluding hydrogens is 128 g/mol. The smallest absolute Gasteiger partial charge is 0.133 e. The van der Waals surface area contributed by atoms with Gasteiger partial charge in [-0.1, -0.05) is 0 Å². The molecule has 0 aromatic heterocycles. The molecule has 0 saturated carbocycles. The quantitative estimate of drug-likeness (QED) is 0.580. The number of carbonyl (C=O) groups is 1. The molecule has 0 bridgehead atoms. The summed E-state index contributed by atoms with van der Waals surface area (Å²) in [5.41, 5.74) is 0. The summed E-state index contributed by atoms with van der Waals surface area (Å²) in [5.74, 6) is 2.32. The Bertz CT molecular complexity index is 144. The van der Waals surface area contributed by atoms with E-state index in [9.17, 15) is 4.79 Å². The van der Waals surface area contributed by atoms with Gasteiger partial charge < -0.3 is 5.11 Å². The zero-order valence-corrected chi connectivity index (χ0v) is 6.13. The lowest BCUT2D eigenvalue weighted by Crippen LogP contribution is -2.11. The van der Waals surface area contributed by atoms with Crippen LogP contribution in [-0.4, -0.2) is 17.5 Å². The first-order chi connectivity index (χ1) is 4.72. The van der Waals surface area contributed by atoms with Crippen molar-refractivity contribution in [2.45, 2.75) is 19.8 Å². The first-order valence-corrected chi connectivity index (χ1v) is 3.27. The Morgan fingerprint density at radius 2 is 2.40 bits per heavy atom. The van der Waals surface area contributed by atoms with E-state index in [-0.39, 0.29) is 18.3 Å². The molecule has 0 fully saturated rings. The predicted molar refractivity (Wildman–Crippen MR) is 39.3 cm³/mol. The van der Waals surface area contributed by atoms with Crippen LogP contribution in [0.15, 0.2) is 0 Å². The minimum absolute atomic E-state index is 0.0337. The minimum Gasteiger partial charge on any atom is -0.396 e. The van der Waals surface area contributed by atoms with Crippen molar-refractivity contribution in [1.82, 2.24) is 0 Å². The molecule has 1 N–H and O–H groups in total. The molecule has 1 unspecified atom stereocenters. The molecule has 10 heavy (non-hydrogen) atoms. The molecule has 0 rings (SSSR count). The number of aliphatic hydroxyl groups excluding tert-OH is 1. The van der Waals surface area contributed by atoms with E-state index >= 15 is 0 Å². The van der Waals surface area contributed by atoms with Gasteiger partial charge in [-0.05, 0) is 13.3 Å². The predicted octanol–water partition coefficient (Wildman–Crippen LogP) is 0.597. The third kappa shape index (κ3) is 3.26. The fraction of sp³-hybridized carbons (Fsp3) is 0.625. The average molecular weight is 140 g/mol. The molecule has 0 spiro atoms. The Morgan fingerprint density at radius 3 is 2.70 bits per heavy atom. The second-order valence-electron chi connectivity index (χ2n) is 2.23. The van der Waals surface area contributed by atoms with Gasteiger partial charge in [-0.2, -0.15) is 0 Å². The van der Waals surface area contributed by atoms with Crippen LogP contribution >= 0.6 is 0 Å². The number of aliphatic hydroxyl groups is 1. The largest absolute Gasteiger partial charge is 0.396 e. The van der Waals surface area contributed by atoms with Crippen molar-refractivity contribution in [3.8, 4) is 12.3 Å². The lowest BCUT2D eigenvalue weighted by Gasteiger charge is -2.06. The number of rotatable bonds is 4. The van der Waals surface area contributed by atoms with Crippen LogP contribution < -0.4 is 0 Å². The number of Topliss-reactive ketones (excluding diaryl/α,β-unsaturated/α-hetero) is 1. The van der Waals surface area contributed by atoms with Crippen LogP contribution in [0.5, 0.6) is 0 Å². The minimum atomic E-state index is -0.144. The van der Waals surface area contributed by atoms with E-state index in [1.54, 1.807) is 0 Å². The third-order valence-electron chi connectivity index (χ3n) is 1.42. The van der Waals surface area contributed by atoms with Gasteiger partial charge in [0.05, 0.1) is 0 Å². The molecule has 0 aliphatic carbocycles. The normalized spacial score (nSPS) is 12.1. The van der Waals surface area contributed by atoms with Crippen molar-refractivity contribution in [3.63, 3.8) is 0 Å². The van der Waals surface area contributed by atoms with Crippen LogP contribution in [0.25, 0.3) is 0 Å². The zero-order chi connectivity index (χ0) is 7.98. The Hall–Kier alpha value is -0.810. The van der Waals surface area contributed by atoms with Crippen LogP contribution in [0.1, 0.15) is 19.8 Å². The van der Waals surface area contributed by atoms with Gasteiger partial charge in [0.2, 0.25) is 0 Å². The third-order valence-corrected chi connectivity index (χ3v) is 1.42. The highest BCUT2D eigenvalue weighted by molar-refractivity contribution is 5.78. The van der Waals surface area contributed by atoms with E-state index in [2.05, 4.69) is 5.92 Å². The molecular formula is C8H12O2. The first kappa shape index (κ1) is 9.19. The average Bonchev–Trinajstić information content (AvgIpc) is 1.87. The molecule has 0 heterocycles. The van der Waals surface area contributed by atoms with Gasteiger partial charge in [-0.15, -0.1) is 12.3 Å². The lowest BCUT2D eigenvalue weighted by atomic mass is 9.98. The number of ketones is 1. The van der Waals surface area contributed by atoms with E-state index in [1.807, 2.05) is 0 Å². The van der Waals surface area contributed by atoms with Gasteiger partial charge in [0, 0.05) is 18.9 Å². The summed E-state index contributed by atoms with van der Waals surface area (Å²) >= 11 is 0. The maximum absolute atomic E-state index is 10.7. The van der Waals surface area contributed by atoms with Crippen molar-refractivity contribution in [2.24, 2.45) is 5.92 Å². The molecule has 0 aromatic rings. The highest BCUT2D eigenvalue weighted by Crippen LogP contribution is 2.07. The van der Waals surface area contributed by atoms with Crippen molar-refractivity contribution in [3.05, 3.63) is 0 Å². The van der Waals surface area contributed by atoms with Crippen molar-refractivity contribution >= 4 is 5.78 Å².